The van der Waals surface area contributed by atoms with Gasteiger partial charge in [-0.15, -0.1) is 0 Å². The fourth-order valence-electron chi connectivity index (χ4n) is 4.39. The Morgan fingerprint density at radius 2 is 1.81 bits per heavy atom. The maximum Gasteiger partial charge on any atom is 0.227 e. The van der Waals surface area contributed by atoms with E-state index in [-0.39, 0.29) is 29.7 Å². The van der Waals surface area contributed by atoms with Crippen LogP contribution in [-0.2, 0) is 11.2 Å². The highest BCUT2D eigenvalue weighted by molar-refractivity contribution is 5.83. The molecule has 1 amide bonds. The summed E-state index contributed by atoms with van der Waals surface area (Å²) in [5.41, 5.74) is 3.54. The molecule has 2 aromatic rings. The Bertz CT molecular complexity index is 783. The van der Waals surface area contributed by atoms with Crippen LogP contribution in [0.25, 0.3) is 0 Å². The highest BCUT2D eigenvalue weighted by atomic mass is 19.1. The molecule has 0 saturated carbocycles. The minimum Gasteiger partial charge on any atom is -0.351 e. The average Bonchev–Trinajstić information content (AvgIpc) is 3.28. The molecule has 3 unspecified atom stereocenters. The molecule has 1 aliphatic carbocycles. The summed E-state index contributed by atoms with van der Waals surface area (Å²) in [7, 11) is 0. The summed E-state index contributed by atoms with van der Waals surface area (Å²) in [6.07, 6.45) is 3.33. The van der Waals surface area contributed by atoms with Crippen LogP contribution in [0.3, 0.4) is 0 Å². The van der Waals surface area contributed by atoms with Crippen molar-refractivity contribution in [3.05, 3.63) is 71.0 Å². The largest absolute Gasteiger partial charge is 0.351 e. The summed E-state index contributed by atoms with van der Waals surface area (Å²) >= 11 is 0. The number of likely N-dealkylation sites (tertiary alicyclic amines) is 1. The van der Waals surface area contributed by atoms with Gasteiger partial charge in [0.05, 0.1) is 18.0 Å². The average molecular weight is 352 g/mol. The number of benzene rings is 2. The van der Waals surface area contributed by atoms with E-state index >= 15 is 0 Å². The van der Waals surface area contributed by atoms with Crippen LogP contribution in [-0.4, -0.2) is 29.9 Å². The van der Waals surface area contributed by atoms with Crippen molar-refractivity contribution in [2.45, 2.75) is 44.2 Å². The van der Waals surface area contributed by atoms with E-state index in [9.17, 15) is 9.18 Å². The highest BCUT2D eigenvalue weighted by Crippen LogP contribution is 2.38. The zero-order valence-corrected chi connectivity index (χ0v) is 15.1. The monoisotopic (exact) mass is 352 g/mol. The summed E-state index contributed by atoms with van der Waals surface area (Å²) in [4.78, 5) is 15.4. The maximum atomic E-state index is 13.1. The van der Waals surface area contributed by atoms with Crippen molar-refractivity contribution in [3.63, 3.8) is 0 Å². The first-order valence-corrected chi connectivity index (χ1v) is 9.51. The molecule has 1 saturated heterocycles. The van der Waals surface area contributed by atoms with Crippen LogP contribution in [0, 0.1) is 5.82 Å². The van der Waals surface area contributed by atoms with Crippen molar-refractivity contribution in [2.24, 2.45) is 0 Å². The molecule has 1 aliphatic heterocycles. The molecule has 2 aliphatic rings. The second-order valence-electron chi connectivity index (χ2n) is 7.48. The van der Waals surface area contributed by atoms with E-state index in [0.29, 0.717) is 0 Å². The van der Waals surface area contributed by atoms with Crippen LogP contribution in [0.2, 0.25) is 0 Å². The second-order valence-corrected chi connectivity index (χ2v) is 7.48. The van der Waals surface area contributed by atoms with Crippen LogP contribution < -0.4 is 5.32 Å². The third-order valence-corrected chi connectivity index (χ3v) is 5.82. The molecule has 0 radical (unpaired) electrons. The summed E-state index contributed by atoms with van der Waals surface area (Å²) in [5, 5.41) is 3.29. The number of rotatable bonds is 4. The van der Waals surface area contributed by atoms with Crippen molar-refractivity contribution < 1.29 is 9.18 Å². The van der Waals surface area contributed by atoms with Crippen molar-refractivity contribution in [3.8, 4) is 0 Å². The van der Waals surface area contributed by atoms with Crippen molar-refractivity contribution in [1.82, 2.24) is 10.2 Å². The second kappa shape index (κ2) is 7.20. The predicted octanol–water partition coefficient (Wildman–Crippen LogP) is 3.81. The molecule has 3 atom stereocenters. The molecule has 1 N–H and O–H groups in total. The van der Waals surface area contributed by atoms with Gasteiger partial charge >= 0.3 is 0 Å². The molecule has 3 nitrogen and oxygen atoms in total. The molecule has 0 aromatic heterocycles. The molecule has 136 valence electrons. The third kappa shape index (κ3) is 3.26. The number of nitrogens with zero attached hydrogens (tertiary/aromatic N) is 1. The normalized spacial score (nSPS) is 23.6. The Hall–Kier alpha value is -2.20. The molecule has 26 heavy (non-hydrogen) atoms. The number of amides is 1. The smallest absolute Gasteiger partial charge is 0.227 e. The minimum atomic E-state index is -0.293. The van der Waals surface area contributed by atoms with Crippen molar-refractivity contribution >= 4 is 5.91 Å². The van der Waals surface area contributed by atoms with Crippen LogP contribution in [0.1, 0.15) is 48.4 Å². The minimum absolute atomic E-state index is 0.0126. The van der Waals surface area contributed by atoms with E-state index in [1.54, 1.807) is 12.1 Å². The standard InChI is InChI=1S/C22H25FN2O/c1-15(16-8-10-18(23)11-9-16)22(26)24-20-14-17-6-2-3-7-19(17)21(20)25-12-4-5-13-25/h2-3,6-11,15,20-21H,4-5,12-14H2,1H3,(H,24,26). The Morgan fingerprint density at radius 3 is 2.54 bits per heavy atom. The first-order chi connectivity index (χ1) is 12.6. The molecular weight excluding hydrogens is 327 g/mol. The number of fused-ring (bicyclic) bond motifs is 1. The lowest BCUT2D eigenvalue weighted by atomic mass is 9.99. The van der Waals surface area contributed by atoms with Gasteiger partial charge in [0.2, 0.25) is 5.91 Å². The number of hydrogen-bond acceptors (Lipinski definition) is 2. The van der Waals surface area contributed by atoms with Crippen molar-refractivity contribution in [2.75, 3.05) is 13.1 Å². The molecule has 4 heteroatoms. The van der Waals surface area contributed by atoms with Crippen LogP contribution in [0.4, 0.5) is 4.39 Å². The van der Waals surface area contributed by atoms with Gasteiger partial charge in [-0.05, 0) is 68.1 Å². The van der Waals surface area contributed by atoms with E-state index in [2.05, 4.69) is 34.5 Å². The topological polar surface area (TPSA) is 32.3 Å². The molecule has 2 aromatic carbocycles. The van der Waals surface area contributed by atoms with E-state index in [4.69, 9.17) is 0 Å². The van der Waals surface area contributed by atoms with Gasteiger partial charge in [0.15, 0.2) is 0 Å². The third-order valence-electron chi connectivity index (χ3n) is 5.82. The van der Waals surface area contributed by atoms with E-state index < -0.39 is 0 Å². The van der Waals surface area contributed by atoms with Gasteiger partial charge in [-0.25, -0.2) is 4.39 Å². The van der Waals surface area contributed by atoms with Gasteiger partial charge < -0.3 is 5.32 Å². The quantitative estimate of drug-likeness (QED) is 0.908. The Labute approximate surface area is 154 Å². The van der Waals surface area contributed by atoms with E-state index in [1.165, 1.54) is 36.1 Å². The fourth-order valence-corrected chi connectivity index (χ4v) is 4.39. The summed E-state index contributed by atoms with van der Waals surface area (Å²) in [5.74, 6) is -0.557. The number of carbonyl (C=O) groups excluding carboxylic acids is 1. The highest BCUT2D eigenvalue weighted by Gasteiger charge is 2.38. The van der Waals surface area contributed by atoms with Gasteiger partial charge in [0.25, 0.3) is 0 Å². The zero-order chi connectivity index (χ0) is 18.1. The Morgan fingerprint density at radius 1 is 1.12 bits per heavy atom. The predicted molar refractivity (Wildman–Crippen MR) is 100 cm³/mol. The fraction of sp³-hybridized carbons (Fsp3) is 0.409. The summed E-state index contributed by atoms with van der Waals surface area (Å²) < 4.78 is 13.1. The number of nitrogens with one attached hydrogen (secondary N) is 1. The number of halogens is 1. The summed E-state index contributed by atoms with van der Waals surface area (Å²) in [6.45, 7) is 4.08. The van der Waals surface area contributed by atoms with Gasteiger partial charge in [-0.1, -0.05) is 36.4 Å². The first kappa shape index (κ1) is 17.2. The lowest BCUT2D eigenvalue weighted by molar-refractivity contribution is -0.123. The van der Waals surface area contributed by atoms with Crippen molar-refractivity contribution in [1.29, 1.82) is 0 Å². The van der Waals surface area contributed by atoms with Gasteiger partial charge in [-0.3, -0.25) is 9.69 Å². The lowest BCUT2D eigenvalue weighted by Gasteiger charge is -2.31. The van der Waals surface area contributed by atoms with Crippen LogP contribution in [0.15, 0.2) is 48.5 Å². The Balaban J connectivity index is 1.52. The SMILES string of the molecule is CC(C(=O)NC1Cc2ccccc2C1N1CCCC1)c1ccc(F)cc1. The summed E-state index contributed by atoms with van der Waals surface area (Å²) in [6, 6.07) is 15.1. The molecular formula is C22H25FN2O. The zero-order valence-electron chi connectivity index (χ0n) is 15.1. The lowest BCUT2D eigenvalue weighted by Crippen LogP contribution is -2.45. The van der Waals surface area contributed by atoms with E-state index in [0.717, 1.165) is 25.1 Å². The number of carbonyl (C=O) groups is 1. The molecule has 4 rings (SSSR count). The molecule has 1 fully saturated rings. The van der Waals surface area contributed by atoms with Gasteiger partial charge in [0, 0.05) is 0 Å². The van der Waals surface area contributed by atoms with Gasteiger partial charge in [0.1, 0.15) is 5.82 Å². The first-order valence-electron chi connectivity index (χ1n) is 9.51. The molecule has 1 heterocycles. The maximum absolute atomic E-state index is 13.1. The molecule has 0 bridgehead atoms. The Kier molecular flexibility index (Phi) is 4.77. The van der Waals surface area contributed by atoms with E-state index in [1.807, 2.05) is 6.92 Å². The van der Waals surface area contributed by atoms with Crippen LogP contribution in [0.5, 0.6) is 0 Å². The van der Waals surface area contributed by atoms with Gasteiger partial charge in [-0.2, -0.15) is 0 Å². The van der Waals surface area contributed by atoms with Crippen LogP contribution >= 0.6 is 0 Å². The number of hydrogen-bond donors (Lipinski definition) is 1. The molecule has 0 spiro atoms.